The topological polar surface area (TPSA) is 92.6 Å². The van der Waals surface area contributed by atoms with Crippen LogP contribution in [0.25, 0.3) is 5.76 Å². The number of hydrogen-bond donors (Lipinski definition) is 1. The van der Waals surface area contributed by atoms with Gasteiger partial charge in [0.1, 0.15) is 24.6 Å². The average molecular weight is 509 g/mol. The second-order valence-electron chi connectivity index (χ2n) is 9.69. The minimum absolute atomic E-state index is 0.0123. The summed E-state index contributed by atoms with van der Waals surface area (Å²) in [6.07, 6.45) is 0.890. The van der Waals surface area contributed by atoms with E-state index in [0.717, 1.165) is 19.5 Å². The summed E-state index contributed by atoms with van der Waals surface area (Å²) < 4.78 is 16.8. The first-order valence-electron chi connectivity index (χ1n) is 13.1. The number of quaternary nitrogens is 1. The lowest BCUT2D eigenvalue weighted by atomic mass is 9.95. The van der Waals surface area contributed by atoms with Gasteiger partial charge < -0.3 is 29.1 Å². The summed E-state index contributed by atoms with van der Waals surface area (Å²) in [4.78, 5) is 29.3. The van der Waals surface area contributed by atoms with Crippen LogP contribution in [0.3, 0.4) is 0 Å². The Labute approximate surface area is 218 Å². The second kappa shape index (κ2) is 12.3. The van der Waals surface area contributed by atoms with Gasteiger partial charge in [0, 0.05) is 5.57 Å². The van der Waals surface area contributed by atoms with E-state index in [1.54, 1.807) is 29.2 Å². The normalized spacial score (nSPS) is 20.0. The molecule has 2 fully saturated rings. The first-order valence-corrected chi connectivity index (χ1v) is 13.1. The largest absolute Gasteiger partial charge is 0.872 e. The Bertz CT molecular complexity index is 1100. The van der Waals surface area contributed by atoms with E-state index in [4.69, 9.17) is 14.2 Å². The van der Waals surface area contributed by atoms with Crippen molar-refractivity contribution in [2.24, 2.45) is 0 Å². The summed E-state index contributed by atoms with van der Waals surface area (Å²) in [5.41, 5.74) is 1.05. The van der Waals surface area contributed by atoms with Crippen molar-refractivity contribution in [3.63, 3.8) is 0 Å². The molecule has 1 N–H and O–H groups in total. The van der Waals surface area contributed by atoms with Gasteiger partial charge in [-0.1, -0.05) is 36.9 Å². The van der Waals surface area contributed by atoms with Crippen molar-refractivity contribution in [1.29, 1.82) is 0 Å². The fraction of sp³-hybridized carbons (Fsp3) is 0.448. The Kier molecular flexibility index (Phi) is 8.84. The lowest BCUT2D eigenvalue weighted by Crippen LogP contribution is -3.14. The smallest absolute Gasteiger partial charge is 0.295 e. The van der Waals surface area contributed by atoms with Crippen LogP contribution in [0.15, 0.2) is 54.1 Å². The predicted octanol–water partition coefficient (Wildman–Crippen LogP) is 1.40. The van der Waals surface area contributed by atoms with Crippen LogP contribution in [-0.2, 0) is 14.3 Å². The SMILES string of the molecule is CCCOc1ccc(/C([O-])=C2\C(=O)C(=O)N(CC[NH+]3CCOCC3)C2c2ccc(OC(C)C)cc2)cc1. The molecule has 2 saturated heterocycles. The molecule has 0 spiro atoms. The van der Waals surface area contributed by atoms with Gasteiger partial charge in [0.25, 0.3) is 5.91 Å². The highest BCUT2D eigenvalue weighted by Gasteiger charge is 2.44. The molecule has 198 valence electrons. The van der Waals surface area contributed by atoms with Crippen molar-refractivity contribution in [2.45, 2.75) is 39.3 Å². The van der Waals surface area contributed by atoms with E-state index >= 15 is 0 Å². The number of benzene rings is 2. The van der Waals surface area contributed by atoms with Crippen LogP contribution in [0.5, 0.6) is 11.5 Å². The van der Waals surface area contributed by atoms with Crippen molar-refractivity contribution >= 4 is 17.4 Å². The van der Waals surface area contributed by atoms with Gasteiger partial charge in [0.2, 0.25) is 5.78 Å². The van der Waals surface area contributed by atoms with Gasteiger partial charge >= 0.3 is 0 Å². The lowest BCUT2D eigenvalue weighted by molar-refractivity contribution is -0.907. The molecule has 0 radical (unpaired) electrons. The number of nitrogens with zero attached hydrogens (tertiary/aromatic N) is 1. The fourth-order valence-corrected chi connectivity index (χ4v) is 4.71. The van der Waals surface area contributed by atoms with Crippen LogP contribution in [0.2, 0.25) is 0 Å². The number of amides is 1. The zero-order chi connectivity index (χ0) is 26.4. The molecule has 8 nitrogen and oxygen atoms in total. The number of rotatable bonds is 10. The highest BCUT2D eigenvalue weighted by Crippen LogP contribution is 2.39. The minimum atomic E-state index is -0.753. The van der Waals surface area contributed by atoms with Crippen LogP contribution in [-0.4, -0.2) is 68.7 Å². The highest BCUT2D eigenvalue weighted by atomic mass is 16.5. The number of Topliss-reactive ketones (excluding diaryl/α,β-unsaturated/α-hetero) is 1. The van der Waals surface area contributed by atoms with Crippen LogP contribution in [0, 0.1) is 0 Å². The second-order valence-corrected chi connectivity index (χ2v) is 9.69. The molecule has 8 heteroatoms. The Balaban J connectivity index is 1.68. The molecule has 2 aromatic carbocycles. The van der Waals surface area contributed by atoms with Crippen molar-refractivity contribution in [3.8, 4) is 11.5 Å². The number of carbonyl (C=O) groups excluding carboxylic acids is 2. The maximum atomic E-state index is 13.7. The fourth-order valence-electron chi connectivity index (χ4n) is 4.71. The molecule has 0 aliphatic carbocycles. The van der Waals surface area contributed by atoms with Gasteiger partial charge in [0.05, 0.1) is 45.1 Å². The van der Waals surface area contributed by atoms with Crippen LogP contribution >= 0.6 is 0 Å². The first-order chi connectivity index (χ1) is 17.9. The number of likely N-dealkylation sites (tertiary alicyclic amines) is 1. The van der Waals surface area contributed by atoms with Crippen molar-refractivity contribution in [2.75, 3.05) is 46.0 Å². The van der Waals surface area contributed by atoms with Gasteiger partial charge in [-0.3, -0.25) is 9.59 Å². The Morgan fingerprint density at radius 2 is 1.70 bits per heavy atom. The van der Waals surface area contributed by atoms with E-state index in [2.05, 4.69) is 0 Å². The lowest BCUT2D eigenvalue weighted by Gasteiger charge is -2.30. The van der Waals surface area contributed by atoms with E-state index < -0.39 is 23.5 Å². The maximum absolute atomic E-state index is 13.7. The zero-order valence-corrected chi connectivity index (χ0v) is 21.8. The Morgan fingerprint density at radius 3 is 2.32 bits per heavy atom. The summed E-state index contributed by atoms with van der Waals surface area (Å²) in [6.45, 7) is 10.6. The van der Waals surface area contributed by atoms with E-state index in [-0.39, 0.29) is 11.7 Å². The molecule has 1 amide bonds. The molecule has 2 aliphatic rings. The third kappa shape index (κ3) is 6.32. The number of nitrogens with one attached hydrogen (secondary N) is 1. The predicted molar refractivity (Wildman–Crippen MR) is 137 cm³/mol. The number of morpholine rings is 1. The van der Waals surface area contributed by atoms with Gasteiger partial charge in [-0.2, -0.15) is 0 Å². The highest BCUT2D eigenvalue weighted by molar-refractivity contribution is 6.46. The molecule has 1 atom stereocenters. The summed E-state index contributed by atoms with van der Waals surface area (Å²) >= 11 is 0. The molecular weight excluding hydrogens is 472 g/mol. The quantitative estimate of drug-likeness (QED) is 0.296. The van der Waals surface area contributed by atoms with E-state index in [1.165, 1.54) is 4.90 Å². The standard InChI is InChI=1S/C29H36N2O6/c1-4-17-36-23-9-7-22(8-10-23)27(32)25-26(21-5-11-24(12-6-21)37-20(2)3)31(29(34)28(25)33)14-13-30-15-18-35-19-16-30/h5-12,20,26,32H,4,13-19H2,1-3H3/b27-25+. The molecule has 37 heavy (non-hydrogen) atoms. The monoisotopic (exact) mass is 508 g/mol. The van der Waals surface area contributed by atoms with Gasteiger partial charge in [-0.05, 0) is 55.7 Å². The van der Waals surface area contributed by atoms with E-state index in [9.17, 15) is 14.7 Å². The van der Waals surface area contributed by atoms with Crippen molar-refractivity contribution < 1.29 is 33.8 Å². The molecule has 2 aromatic rings. The number of ketones is 1. The maximum Gasteiger partial charge on any atom is 0.295 e. The van der Waals surface area contributed by atoms with E-state index in [1.807, 2.05) is 45.0 Å². The number of carbonyl (C=O) groups is 2. The van der Waals surface area contributed by atoms with Crippen LogP contribution < -0.4 is 19.5 Å². The first kappa shape index (κ1) is 26.7. The summed E-state index contributed by atoms with van der Waals surface area (Å²) in [7, 11) is 0. The number of hydrogen-bond acceptors (Lipinski definition) is 6. The summed E-state index contributed by atoms with van der Waals surface area (Å²) in [6, 6.07) is 13.3. The van der Waals surface area contributed by atoms with Gasteiger partial charge in [-0.25, -0.2) is 0 Å². The average Bonchev–Trinajstić information content (AvgIpc) is 3.16. The Hall–Kier alpha value is -3.36. The van der Waals surface area contributed by atoms with Crippen molar-refractivity contribution in [3.05, 3.63) is 65.2 Å². The van der Waals surface area contributed by atoms with Gasteiger partial charge in [0.15, 0.2) is 0 Å². The molecule has 2 aliphatic heterocycles. The third-order valence-electron chi connectivity index (χ3n) is 6.59. The summed E-state index contributed by atoms with van der Waals surface area (Å²) in [5.74, 6) is -0.458. The molecule has 0 bridgehead atoms. The molecule has 4 rings (SSSR count). The zero-order valence-electron chi connectivity index (χ0n) is 21.8. The molecular formula is C29H36N2O6. The summed E-state index contributed by atoms with van der Waals surface area (Å²) in [5, 5.41) is 13.7. The van der Waals surface area contributed by atoms with Gasteiger partial charge in [-0.15, -0.1) is 0 Å². The third-order valence-corrected chi connectivity index (χ3v) is 6.59. The van der Waals surface area contributed by atoms with Crippen LogP contribution in [0.1, 0.15) is 44.4 Å². The Morgan fingerprint density at radius 1 is 1.05 bits per heavy atom. The molecule has 0 saturated carbocycles. The molecule has 2 heterocycles. The van der Waals surface area contributed by atoms with E-state index in [0.29, 0.717) is 55.5 Å². The van der Waals surface area contributed by atoms with Crippen molar-refractivity contribution in [1.82, 2.24) is 4.90 Å². The number of ether oxygens (including phenoxy) is 3. The minimum Gasteiger partial charge on any atom is -0.872 e. The molecule has 0 aromatic heterocycles. The van der Waals surface area contributed by atoms with Crippen LogP contribution in [0.4, 0.5) is 0 Å². The molecule has 1 unspecified atom stereocenters.